The minimum atomic E-state index is -0.337. The average molecular weight is 257 g/mol. The molecule has 0 saturated heterocycles. The Morgan fingerprint density at radius 3 is 2.65 bits per heavy atom. The van der Waals surface area contributed by atoms with E-state index < -0.39 is 0 Å². The zero-order chi connectivity index (χ0) is 12.8. The van der Waals surface area contributed by atoms with Gasteiger partial charge in [0, 0.05) is 11.1 Å². The molecule has 94 valence electrons. The summed E-state index contributed by atoms with van der Waals surface area (Å²) in [6.45, 7) is 4.01. The van der Waals surface area contributed by atoms with Crippen molar-refractivity contribution < 1.29 is 9.90 Å². The number of amides is 2. The van der Waals surface area contributed by atoms with Crippen molar-refractivity contribution in [2.75, 3.05) is 5.32 Å². The lowest BCUT2D eigenvalue weighted by Crippen LogP contribution is -2.37. The standard InChI is InChI=1S/C12H17ClN2O2/c1-3-9(4-2)14-12(17)15-10-7-8(13)5-6-11(10)16/h5-7,9,16H,3-4H2,1-2H3,(H2,14,15,17). The van der Waals surface area contributed by atoms with E-state index >= 15 is 0 Å². The molecule has 0 atom stereocenters. The van der Waals surface area contributed by atoms with Crippen LogP contribution in [-0.2, 0) is 0 Å². The van der Waals surface area contributed by atoms with Gasteiger partial charge in [-0.15, -0.1) is 0 Å². The number of benzene rings is 1. The molecule has 1 aromatic carbocycles. The lowest BCUT2D eigenvalue weighted by atomic mass is 10.2. The van der Waals surface area contributed by atoms with Crippen molar-refractivity contribution in [2.45, 2.75) is 32.7 Å². The summed E-state index contributed by atoms with van der Waals surface area (Å²) < 4.78 is 0. The number of nitrogens with one attached hydrogen (secondary N) is 2. The summed E-state index contributed by atoms with van der Waals surface area (Å²) in [7, 11) is 0. The van der Waals surface area contributed by atoms with Crippen molar-refractivity contribution in [3.05, 3.63) is 23.2 Å². The molecule has 0 spiro atoms. The topological polar surface area (TPSA) is 61.4 Å². The molecule has 2 amide bonds. The summed E-state index contributed by atoms with van der Waals surface area (Å²) in [5.74, 6) is -0.00547. The van der Waals surface area contributed by atoms with E-state index in [4.69, 9.17) is 11.6 Å². The van der Waals surface area contributed by atoms with Crippen LogP contribution < -0.4 is 10.6 Å². The molecule has 0 radical (unpaired) electrons. The molecule has 0 heterocycles. The highest BCUT2D eigenvalue weighted by Crippen LogP contribution is 2.26. The Kier molecular flexibility index (Phi) is 5.10. The van der Waals surface area contributed by atoms with E-state index in [0.29, 0.717) is 10.7 Å². The van der Waals surface area contributed by atoms with Crippen LogP contribution in [0, 0.1) is 0 Å². The van der Waals surface area contributed by atoms with Gasteiger partial charge in [0.05, 0.1) is 5.69 Å². The van der Waals surface area contributed by atoms with Gasteiger partial charge in [-0.2, -0.15) is 0 Å². The summed E-state index contributed by atoms with van der Waals surface area (Å²) >= 11 is 5.78. The molecular formula is C12H17ClN2O2. The third kappa shape index (κ3) is 4.15. The first-order valence-corrected chi connectivity index (χ1v) is 6.00. The van der Waals surface area contributed by atoms with Crippen molar-refractivity contribution >= 4 is 23.3 Å². The zero-order valence-electron chi connectivity index (χ0n) is 9.96. The van der Waals surface area contributed by atoms with Crippen molar-refractivity contribution in [3.8, 4) is 5.75 Å². The molecule has 17 heavy (non-hydrogen) atoms. The maximum atomic E-state index is 11.6. The van der Waals surface area contributed by atoms with Crippen molar-refractivity contribution in [1.29, 1.82) is 0 Å². The number of rotatable bonds is 4. The SMILES string of the molecule is CCC(CC)NC(=O)Nc1cc(Cl)ccc1O. The molecule has 4 nitrogen and oxygen atoms in total. The Morgan fingerprint density at radius 1 is 1.41 bits per heavy atom. The predicted octanol–water partition coefficient (Wildman–Crippen LogP) is 3.36. The van der Waals surface area contributed by atoms with Crippen LogP contribution in [0.5, 0.6) is 5.75 Å². The average Bonchev–Trinajstić information content (AvgIpc) is 2.31. The Morgan fingerprint density at radius 2 is 2.06 bits per heavy atom. The van der Waals surface area contributed by atoms with Gasteiger partial charge in [0.25, 0.3) is 0 Å². The Labute approximate surface area is 106 Å². The lowest BCUT2D eigenvalue weighted by molar-refractivity contribution is 0.247. The van der Waals surface area contributed by atoms with Crippen LogP contribution >= 0.6 is 11.6 Å². The molecule has 0 aliphatic rings. The fourth-order valence-electron chi connectivity index (χ4n) is 1.44. The molecule has 0 aliphatic heterocycles. The second-order valence-electron chi connectivity index (χ2n) is 3.77. The maximum Gasteiger partial charge on any atom is 0.319 e. The van der Waals surface area contributed by atoms with Gasteiger partial charge in [0.1, 0.15) is 5.75 Å². The van der Waals surface area contributed by atoms with E-state index in [0.717, 1.165) is 12.8 Å². The minimum absolute atomic E-state index is 0.00547. The van der Waals surface area contributed by atoms with Crippen LogP contribution in [0.4, 0.5) is 10.5 Å². The van der Waals surface area contributed by atoms with Crippen LogP contribution in [0.15, 0.2) is 18.2 Å². The maximum absolute atomic E-state index is 11.6. The number of urea groups is 1. The molecule has 1 rings (SSSR count). The highest BCUT2D eigenvalue weighted by molar-refractivity contribution is 6.31. The first-order chi connectivity index (χ1) is 8.06. The number of phenols is 1. The molecule has 0 aromatic heterocycles. The van der Waals surface area contributed by atoms with Gasteiger partial charge in [0.15, 0.2) is 0 Å². The van der Waals surface area contributed by atoms with Gasteiger partial charge in [-0.1, -0.05) is 25.4 Å². The van der Waals surface area contributed by atoms with Gasteiger partial charge in [-0.05, 0) is 31.0 Å². The summed E-state index contributed by atoms with van der Waals surface area (Å²) in [6.07, 6.45) is 1.73. The largest absolute Gasteiger partial charge is 0.506 e. The molecule has 0 bridgehead atoms. The van der Waals surface area contributed by atoms with Crippen LogP contribution in [0.1, 0.15) is 26.7 Å². The fraction of sp³-hybridized carbons (Fsp3) is 0.417. The summed E-state index contributed by atoms with van der Waals surface area (Å²) in [5, 5.41) is 15.4. The van der Waals surface area contributed by atoms with E-state index in [1.165, 1.54) is 12.1 Å². The molecule has 0 saturated carbocycles. The van der Waals surface area contributed by atoms with Gasteiger partial charge in [-0.25, -0.2) is 4.79 Å². The molecular weight excluding hydrogens is 240 g/mol. The predicted molar refractivity (Wildman–Crippen MR) is 69.6 cm³/mol. The summed E-state index contributed by atoms with van der Waals surface area (Å²) in [6, 6.07) is 4.30. The zero-order valence-corrected chi connectivity index (χ0v) is 10.7. The van der Waals surface area contributed by atoms with Gasteiger partial charge in [-0.3, -0.25) is 0 Å². The highest BCUT2D eigenvalue weighted by atomic mass is 35.5. The Bertz CT molecular complexity index is 392. The third-order valence-electron chi connectivity index (χ3n) is 2.53. The second kappa shape index (κ2) is 6.35. The quantitative estimate of drug-likeness (QED) is 0.724. The second-order valence-corrected chi connectivity index (χ2v) is 4.21. The summed E-state index contributed by atoms with van der Waals surface area (Å²) in [5.41, 5.74) is 0.306. The van der Waals surface area contributed by atoms with E-state index in [9.17, 15) is 9.90 Å². The monoisotopic (exact) mass is 256 g/mol. The number of halogens is 1. The number of hydrogen-bond donors (Lipinski definition) is 3. The molecule has 0 aliphatic carbocycles. The number of aromatic hydroxyl groups is 1. The van der Waals surface area contributed by atoms with Crippen molar-refractivity contribution in [2.24, 2.45) is 0 Å². The van der Waals surface area contributed by atoms with Crippen LogP contribution in [0.2, 0.25) is 5.02 Å². The molecule has 0 unspecified atom stereocenters. The highest BCUT2D eigenvalue weighted by Gasteiger charge is 2.10. The third-order valence-corrected chi connectivity index (χ3v) is 2.76. The van der Waals surface area contributed by atoms with E-state index in [2.05, 4.69) is 10.6 Å². The van der Waals surface area contributed by atoms with E-state index in [-0.39, 0.29) is 17.8 Å². The normalized spacial score (nSPS) is 10.4. The van der Waals surface area contributed by atoms with Gasteiger partial charge >= 0.3 is 6.03 Å². The molecule has 1 aromatic rings. The fourth-order valence-corrected chi connectivity index (χ4v) is 1.62. The number of carbonyl (C=O) groups excluding carboxylic acids is 1. The van der Waals surface area contributed by atoms with Gasteiger partial charge in [0.2, 0.25) is 0 Å². The van der Waals surface area contributed by atoms with E-state index in [1.807, 2.05) is 13.8 Å². The van der Waals surface area contributed by atoms with Gasteiger partial charge < -0.3 is 15.7 Å². The van der Waals surface area contributed by atoms with Crippen LogP contribution in [-0.4, -0.2) is 17.2 Å². The lowest BCUT2D eigenvalue weighted by Gasteiger charge is -2.15. The molecule has 5 heteroatoms. The number of carbonyl (C=O) groups is 1. The molecule has 3 N–H and O–H groups in total. The van der Waals surface area contributed by atoms with E-state index in [1.54, 1.807) is 6.07 Å². The minimum Gasteiger partial charge on any atom is -0.506 e. The molecule has 0 fully saturated rings. The van der Waals surface area contributed by atoms with Crippen LogP contribution in [0.3, 0.4) is 0 Å². The number of hydrogen-bond acceptors (Lipinski definition) is 2. The number of phenolic OH excluding ortho intramolecular Hbond substituents is 1. The summed E-state index contributed by atoms with van der Waals surface area (Å²) in [4.78, 5) is 11.6. The smallest absolute Gasteiger partial charge is 0.319 e. The Hall–Kier alpha value is -1.42. The first kappa shape index (κ1) is 13.6. The number of anilines is 1. The van der Waals surface area contributed by atoms with Crippen LogP contribution in [0.25, 0.3) is 0 Å². The van der Waals surface area contributed by atoms with Crippen molar-refractivity contribution in [3.63, 3.8) is 0 Å². The Balaban J connectivity index is 2.64. The first-order valence-electron chi connectivity index (χ1n) is 5.62. The van der Waals surface area contributed by atoms with Crippen molar-refractivity contribution in [1.82, 2.24) is 5.32 Å².